The Labute approximate surface area is 161 Å². The number of amides is 2. The van der Waals surface area contributed by atoms with Gasteiger partial charge in [-0.15, -0.1) is 12.4 Å². The third kappa shape index (κ3) is 5.88. The van der Waals surface area contributed by atoms with Crippen LogP contribution in [0, 0.1) is 5.41 Å². The highest BCUT2D eigenvalue weighted by Gasteiger charge is 2.34. The summed E-state index contributed by atoms with van der Waals surface area (Å²) in [5.74, 6) is 0.547. The number of rotatable bonds is 8. The molecule has 6 nitrogen and oxygen atoms in total. The molecule has 1 aliphatic rings. The maximum absolute atomic E-state index is 12.3. The summed E-state index contributed by atoms with van der Waals surface area (Å²) in [5, 5.41) is 2.86. The normalized spacial score (nSPS) is 19.0. The molecule has 1 aliphatic heterocycles. The van der Waals surface area contributed by atoms with E-state index < -0.39 is 0 Å². The van der Waals surface area contributed by atoms with Gasteiger partial charge in [0.15, 0.2) is 0 Å². The predicted molar refractivity (Wildman–Crippen MR) is 105 cm³/mol. The number of nitrogens with zero attached hydrogens (tertiary/aromatic N) is 1. The molecule has 26 heavy (non-hydrogen) atoms. The third-order valence-corrected chi connectivity index (χ3v) is 4.69. The van der Waals surface area contributed by atoms with Gasteiger partial charge >= 0.3 is 0 Å². The van der Waals surface area contributed by atoms with Gasteiger partial charge in [-0.1, -0.05) is 19.1 Å². The zero-order valence-electron chi connectivity index (χ0n) is 15.6. The highest BCUT2D eigenvalue weighted by atomic mass is 35.5. The molecule has 2 amide bonds. The van der Waals surface area contributed by atoms with Crippen LogP contribution in [0.15, 0.2) is 24.3 Å². The summed E-state index contributed by atoms with van der Waals surface area (Å²) >= 11 is 0. The summed E-state index contributed by atoms with van der Waals surface area (Å²) in [6, 6.07) is 7.17. The van der Waals surface area contributed by atoms with E-state index in [4.69, 9.17) is 10.5 Å². The van der Waals surface area contributed by atoms with Gasteiger partial charge in [-0.25, -0.2) is 0 Å². The van der Waals surface area contributed by atoms with E-state index in [2.05, 4.69) is 12.2 Å². The average molecular weight is 384 g/mol. The molecule has 1 aromatic carbocycles. The van der Waals surface area contributed by atoms with Crippen molar-refractivity contribution in [2.45, 2.75) is 33.1 Å². The second-order valence-electron chi connectivity index (χ2n) is 6.87. The van der Waals surface area contributed by atoms with Crippen molar-refractivity contribution in [2.75, 3.05) is 32.8 Å². The van der Waals surface area contributed by atoms with Crippen molar-refractivity contribution in [2.24, 2.45) is 11.1 Å². The monoisotopic (exact) mass is 383 g/mol. The predicted octanol–water partition coefficient (Wildman–Crippen LogP) is 2.21. The smallest absolute Gasteiger partial charge is 0.255 e. The first-order valence-electron chi connectivity index (χ1n) is 8.97. The molecular formula is C19H30ClN3O3. The lowest BCUT2D eigenvalue weighted by Gasteiger charge is -2.22. The molecule has 0 spiro atoms. The van der Waals surface area contributed by atoms with Crippen LogP contribution >= 0.6 is 12.4 Å². The molecule has 146 valence electrons. The Balaban J connectivity index is 0.00000338. The number of benzene rings is 1. The van der Waals surface area contributed by atoms with Crippen LogP contribution in [-0.4, -0.2) is 49.5 Å². The fraction of sp³-hybridized carbons (Fsp3) is 0.579. The largest absolute Gasteiger partial charge is 0.493 e. The standard InChI is InChI=1S/C19H29N3O3.ClH/c1-3-25-16-8-5-4-7-15(16)18(24)21-11-6-9-17(23)22-12-10-19(2,13-20)14-22;/h4-5,7-8H,3,6,9-14,20H2,1-2H3,(H,21,24);1H. The van der Waals surface area contributed by atoms with Crippen molar-refractivity contribution in [3.63, 3.8) is 0 Å². The summed E-state index contributed by atoms with van der Waals surface area (Å²) in [7, 11) is 0. The molecule has 2 rings (SSSR count). The maximum atomic E-state index is 12.3. The molecule has 1 atom stereocenters. The second-order valence-corrected chi connectivity index (χ2v) is 6.87. The van der Waals surface area contributed by atoms with Crippen molar-refractivity contribution in [1.82, 2.24) is 10.2 Å². The highest BCUT2D eigenvalue weighted by Crippen LogP contribution is 2.28. The quantitative estimate of drug-likeness (QED) is 0.674. The molecule has 0 saturated carbocycles. The van der Waals surface area contributed by atoms with Gasteiger partial charge in [0.2, 0.25) is 5.91 Å². The van der Waals surface area contributed by atoms with Gasteiger partial charge in [0.05, 0.1) is 12.2 Å². The molecule has 1 heterocycles. The lowest BCUT2D eigenvalue weighted by atomic mass is 9.90. The second kappa shape index (κ2) is 10.4. The van der Waals surface area contributed by atoms with Crippen LogP contribution < -0.4 is 15.8 Å². The van der Waals surface area contributed by atoms with Crippen LogP contribution in [0.5, 0.6) is 5.75 Å². The third-order valence-electron chi connectivity index (χ3n) is 4.69. The number of nitrogens with two attached hydrogens (primary N) is 1. The molecule has 0 radical (unpaired) electrons. The lowest BCUT2D eigenvalue weighted by Crippen LogP contribution is -2.34. The first-order valence-corrected chi connectivity index (χ1v) is 8.97. The van der Waals surface area contributed by atoms with Crippen molar-refractivity contribution >= 4 is 24.2 Å². The van der Waals surface area contributed by atoms with E-state index in [1.807, 2.05) is 24.0 Å². The highest BCUT2D eigenvalue weighted by molar-refractivity contribution is 5.96. The first-order chi connectivity index (χ1) is 12.0. The molecule has 0 aromatic heterocycles. The zero-order chi connectivity index (χ0) is 18.3. The number of nitrogens with one attached hydrogen (secondary N) is 1. The van der Waals surface area contributed by atoms with Crippen LogP contribution in [0.2, 0.25) is 0 Å². The van der Waals surface area contributed by atoms with Crippen molar-refractivity contribution < 1.29 is 14.3 Å². The molecule has 1 aromatic rings. The number of carbonyl (C=O) groups excluding carboxylic acids is 2. The van der Waals surface area contributed by atoms with Gasteiger partial charge in [0.1, 0.15) is 5.75 Å². The Morgan fingerprint density at radius 1 is 1.35 bits per heavy atom. The fourth-order valence-electron chi connectivity index (χ4n) is 3.03. The summed E-state index contributed by atoms with van der Waals surface area (Å²) < 4.78 is 5.47. The van der Waals surface area contributed by atoms with Crippen molar-refractivity contribution in [3.8, 4) is 5.75 Å². The van der Waals surface area contributed by atoms with Gasteiger partial charge in [-0.2, -0.15) is 0 Å². The molecular weight excluding hydrogens is 354 g/mol. The zero-order valence-corrected chi connectivity index (χ0v) is 16.4. The van der Waals surface area contributed by atoms with E-state index in [0.29, 0.717) is 43.9 Å². The first kappa shape index (κ1) is 22.3. The number of hydrogen-bond acceptors (Lipinski definition) is 4. The number of likely N-dealkylation sites (tertiary alicyclic amines) is 1. The van der Waals surface area contributed by atoms with E-state index in [1.54, 1.807) is 12.1 Å². The number of para-hydroxylation sites is 1. The van der Waals surface area contributed by atoms with Crippen molar-refractivity contribution in [1.29, 1.82) is 0 Å². The van der Waals surface area contributed by atoms with Gasteiger partial charge < -0.3 is 20.7 Å². The number of halogens is 1. The van der Waals surface area contributed by atoms with Gasteiger partial charge in [0, 0.05) is 26.1 Å². The SMILES string of the molecule is CCOc1ccccc1C(=O)NCCCC(=O)N1CCC(C)(CN)C1.Cl. The van der Waals surface area contributed by atoms with Crippen LogP contribution in [0.1, 0.15) is 43.5 Å². The van der Waals surface area contributed by atoms with Gasteiger partial charge in [0.25, 0.3) is 5.91 Å². The average Bonchev–Trinajstić information content (AvgIpc) is 3.02. The molecule has 0 bridgehead atoms. The Kier molecular flexibility index (Phi) is 8.88. The Morgan fingerprint density at radius 3 is 2.73 bits per heavy atom. The van der Waals surface area contributed by atoms with Crippen molar-refractivity contribution in [3.05, 3.63) is 29.8 Å². The minimum atomic E-state index is -0.173. The maximum Gasteiger partial charge on any atom is 0.255 e. The molecule has 3 N–H and O–H groups in total. The molecule has 1 saturated heterocycles. The molecule has 0 aliphatic carbocycles. The van der Waals surface area contributed by atoms with E-state index in [-0.39, 0.29) is 29.6 Å². The number of carbonyl (C=O) groups is 2. The van der Waals surface area contributed by atoms with Crippen LogP contribution in [0.4, 0.5) is 0 Å². The Hall–Kier alpha value is -1.79. The topological polar surface area (TPSA) is 84.7 Å². The number of hydrogen-bond donors (Lipinski definition) is 2. The van der Waals surface area contributed by atoms with Gasteiger partial charge in [-0.05, 0) is 43.9 Å². The molecule has 7 heteroatoms. The Morgan fingerprint density at radius 2 is 2.08 bits per heavy atom. The Bertz CT molecular complexity index is 611. The minimum Gasteiger partial charge on any atom is -0.493 e. The molecule has 1 unspecified atom stereocenters. The van der Waals surface area contributed by atoms with Gasteiger partial charge in [-0.3, -0.25) is 9.59 Å². The minimum absolute atomic E-state index is 0. The van der Waals surface area contributed by atoms with E-state index in [1.165, 1.54) is 0 Å². The fourth-order valence-corrected chi connectivity index (χ4v) is 3.03. The van der Waals surface area contributed by atoms with E-state index in [9.17, 15) is 9.59 Å². The van der Waals surface area contributed by atoms with Crippen LogP contribution in [0.25, 0.3) is 0 Å². The summed E-state index contributed by atoms with van der Waals surface area (Å²) in [6.45, 7) is 7.09. The summed E-state index contributed by atoms with van der Waals surface area (Å²) in [4.78, 5) is 26.4. The summed E-state index contributed by atoms with van der Waals surface area (Å²) in [5.41, 5.74) is 6.35. The van der Waals surface area contributed by atoms with E-state index >= 15 is 0 Å². The summed E-state index contributed by atoms with van der Waals surface area (Å²) in [6.07, 6.45) is 2.02. The molecule has 1 fully saturated rings. The van der Waals surface area contributed by atoms with Crippen LogP contribution in [-0.2, 0) is 4.79 Å². The number of ether oxygens (including phenoxy) is 1. The van der Waals surface area contributed by atoms with E-state index in [0.717, 1.165) is 19.5 Å². The van der Waals surface area contributed by atoms with Crippen LogP contribution in [0.3, 0.4) is 0 Å². The lowest BCUT2D eigenvalue weighted by molar-refractivity contribution is -0.130.